The molecule has 1 aromatic rings. The van der Waals surface area contributed by atoms with Gasteiger partial charge in [-0.15, -0.1) is 0 Å². The zero-order valence-corrected chi connectivity index (χ0v) is 8.45. The van der Waals surface area contributed by atoms with Gasteiger partial charge in [0.05, 0.1) is 0 Å². The largest absolute Gasteiger partial charge is 0.300 e. The number of hydrogen-bond acceptors (Lipinski definition) is 1. The monoisotopic (exact) mass is 198 g/mol. The lowest BCUT2D eigenvalue weighted by Crippen LogP contribution is -2.06. The Morgan fingerprint density at radius 3 is 2.00 bits per heavy atom. The molecule has 76 valence electrons. The molecule has 0 atom stereocenters. The summed E-state index contributed by atoms with van der Waals surface area (Å²) in [6, 6.07) is 1.44. The second-order valence-electron chi connectivity index (χ2n) is 3.50. The molecule has 1 nitrogen and oxygen atoms in total. The average molecular weight is 198 g/mol. The number of Topliss-reactive ketones (excluding diaryl/α,β-unsaturated/α-hetero) is 1. The van der Waals surface area contributed by atoms with Crippen molar-refractivity contribution in [1.29, 1.82) is 0 Å². The van der Waals surface area contributed by atoms with Gasteiger partial charge in [0.15, 0.2) is 0 Å². The molecule has 1 rings (SSSR count). The molecule has 0 aromatic heterocycles. The Kier molecular flexibility index (Phi) is 2.99. The number of halogens is 2. The van der Waals surface area contributed by atoms with Crippen LogP contribution >= 0.6 is 0 Å². The molecule has 14 heavy (non-hydrogen) atoms. The van der Waals surface area contributed by atoms with Crippen LogP contribution in [0.1, 0.15) is 23.6 Å². The molecular formula is C11H12F2O. The third kappa shape index (κ3) is 1.97. The third-order valence-corrected chi connectivity index (χ3v) is 2.08. The van der Waals surface area contributed by atoms with Crippen molar-refractivity contribution in [3.63, 3.8) is 0 Å². The van der Waals surface area contributed by atoms with Crippen LogP contribution in [0.15, 0.2) is 6.07 Å². The molecule has 0 spiro atoms. The van der Waals surface area contributed by atoms with Crippen molar-refractivity contribution < 1.29 is 13.6 Å². The molecule has 0 saturated heterocycles. The standard InChI is InChI=1S/C11H12F2O/c1-6-4-7(2)11(13)9(10(6)12)5-8(3)14/h4H,5H2,1-3H3. The van der Waals surface area contributed by atoms with E-state index in [4.69, 9.17) is 0 Å². The molecular weight excluding hydrogens is 186 g/mol. The Labute approximate surface area is 81.7 Å². The number of carbonyl (C=O) groups is 1. The average Bonchev–Trinajstić information content (AvgIpc) is 2.09. The van der Waals surface area contributed by atoms with Gasteiger partial charge in [0.2, 0.25) is 0 Å². The quantitative estimate of drug-likeness (QED) is 0.714. The van der Waals surface area contributed by atoms with Gasteiger partial charge in [0, 0.05) is 12.0 Å². The SMILES string of the molecule is CC(=O)Cc1c(F)c(C)cc(C)c1F. The minimum Gasteiger partial charge on any atom is -0.300 e. The van der Waals surface area contributed by atoms with Crippen molar-refractivity contribution in [2.75, 3.05) is 0 Å². The topological polar surface area (TPSA) is 17.1 Å². The first-order valence-electron chi connectivity index (χ1n) is 4.37. The smallest absolute Gasteiger partial charge is 0.134 e. The normalized spacial score (nSPS) is 10.4. The third-order valence-electron chi connectivity index (χ3n) is 2.08. The van der Waals surface area contributed by atoms with Crippen LogP contribution in [0.3, 0.4) is 0 Å². The highest BCUT2D eigenvalue weighted by Gasteiger charge is 2.15. The van der Waals surface area contributed by atoms with Crippen molar-refractivity contribution in [3.8, 4) is 0 Å². The van der Waals surface area contributed by atoms with E-state index in [0.717, 1.165) is 0 Å². The van der Waals surface area contributed by atoms with Gasteiger partial charge in [-0.2, -0.15) is 0 Å². The lowest BCUT2D eigenvalue weighted by molar-refractivity contribution is -0.116. The summed E-state index contributed by atoms with van der Waals surface area (Å²) in [6.45, 7) is 4.44. The van der Waals surface area contributed by atoms with Crippen LogP contribution in [0, 0.1) is 25.5 Å². The molecule has 0 aliphatic heterocycles. The van der Waals surface area contributed by atoms with Gasteiger partial charge >= 0.3 is 0 Å². The Bertz CT molecular complexity index is 357. The predicted octanol–water partition coefficient (Wildman–Crippen LogP) is 2.71. The van der Waals surface area contributed by atoms with E-state index in [1.165, 1.54) is 13.0 Å². The van der Waals surface area contributed by atoms with E-state index >= 15 is 0 Å². The Morgan fingerprint density at radius 1 is 1.21 bits per heavy atom. The first-order chi connectivity index (χ1) is 6.43. The summed E-state index contributed by atoms with van der Waals surface area (Å²) in [4.78, 5) is 10.8. The highest BCUT2D eigenvalue weighted by molar-refractivity contribution is 5.78. The molecule has 0 N–H and O–H groups in total. The first kappa shape index (κ1) is 10.8. The van der Waals surface area contributed by atoms with Gasteiger partial charge in [-0.1, -0.05) is 6.07 Å². The molecule has 0 aliphatic rings. The van der Waals surface area contributed by atoms with Crippen molar-refractivity contribution in [3.05, 3.63) is 34.4 Å². The summed E-state index contributed by atoms with van der Waals surface area (Å²) in [6.07, 6.45) is -0.180. The molecule has 0 unspecified atom stereocenters. The van der Waals surface area contributed by atoms with E-state index in [2.05, 4.69) is 0 Å². The summed E-state index contributed by atoms with van der Waals surface area (Å²) in [7, 11) is 0. The summed E-state index contributed by atoms with van der Waals surface area (Å²) in [5.74, 6) is -1.46. The number of aryl methyl sites for hydroxylation is 2. The summed E-state index contributed by atoms with van der Waals surface area (Å²) < 4.78 is 26.8. The van der Waals surface area contributed by atoms with Crippen molar-refractivity contribution in [1.82, 2.24) is 0 Å². The maximum absolute atomic E-state index is 13.4. The Hall–Kier alpha value is -1.25. The second kappa shape index (κ2) is 3.86. The summed E-state index contributed by atoms with van der Waals surface area (Å²) >= 11 is 0. The highest BCUT2D eigenvalue weighted by atomic mass is 19.1. The van der Waals surface area contributed by atoms with E-state index in [-0.39, 0.29) is 17.8 Å². The van der Waals surface area contributed by atoms with Crippen molar-refractivity contribution in [2.24, 2.45) is 0 Å². The minimum atomic E-state index is -0.608. The summed E-state index contributed by atoms with van der Waals surface area (Å²) in [5, 5.41) is 0. The number of benzene rings is 1. The molecule has 1 aromatic carbocycles. The van der Waals surface area contributed by atoms with Gasteiger partial charge in [0.1, 0.15) is 17.4 Å². The fourth-order valence-corrected chi connectivity index (χ4v) is 1.43. The van der Waals surface area contributed by atoms with E-state index < -0.39 is 11.6 Å². The van der Waals surface area contributed by atoms with E-state index in [1.54, 1.807) is 13.8 Å². The van der Waals surface area contributed by atoms with Gasteiger partial charge in [-0.05, 0) is 31.9 Å². The second-order valence-corrected chi connectivity index (χ2v) is 3.50. The van der Waals surface area contributed by atoms with Crippen LogP contribution in [0.25, 0.3) is 0 Å². The lowest BCUT2D eigenvalue weighted by Gasteiger charge is -2.08. The predicted molar refractivity (Wildman–Crippen MR) is 50.2 cm³/mol. The van der Waals surface area contributed by atoms with E-state index in [9.17, 15) is 13.6 Å². The Morgan fingerprint density at radius 2 is 1.64 bits per heavy atom. The van der Waals surface area contributed by atoms with Crippen molar-refractivity contribution >= 4 is 5.78 Å². The number of rotatable bonds is 2. The first-order valence-corrected chi connectivity index (χ1v) is 4.37. The van der Waals surface area contributed by atoms with Gasteiger partial charge in [-0.3, -0.25) is 4.79 Å². The van der Waals surface area contributed by atoms with Crippen LogP contribution in [-0.2, 0) is 11.2 Å². The van der Waals surface area contributed by atoms with Crippen LogP contribution in [0.4, 0.5) is 8.78 Å². The fraction of sp³-hybridized carbons (Fsp3) is 0.364. The molecule has 0 radical (unpaired) electrons. The molecule has 0 aliphatic carbocycles. The van der Waals surface area contributed by atoms with Gasteiger partial charge in [0.25, 0.3) is 0 Å². The maximum atomic E-state index is 13.4. The fourth-order valence-electron chi connectivity index (χ4n) is 1.43. The van der Waals surface area contributed by atoms with Gasteiger partial charge in [-0.25, -0.2) is 8.78 Å². The maximum Gasteiger partial charge on any atom is 0.134 e. The lowest BCUT2D eigenvalue weighted by atomic mass is 10.0. The Balaban J connectivity index is 3.31. The molecule has 0 bridgehead atoms. The van der Waals surface area contributed by atoms with Crippen LogP contribution < -0.4 is 0 Å². The van der Waals surface area contributed by atoms with Crippen LogP contribution in [-0.4, -0.2) is 5.78 Å². The van der Waals surface area contributed by atoms with Gasteiger partial charge < -0.3 is 0 Å². The van der Waals surface area contributed by atoms with E-state index in [1.807, 2.05) is 0 Å². The molecule has 0 amide bonds. The molecule has 3 heteroatoms. The number of hydrogen-bond donors (Lipinski definition) is 0. The summed E-state index contributed by atoms with van der Waals surface area (Å²) in [5.41, 5.74) is 0.635. The zero-order chi connectivity index (χ0) is 10.9. The zero-order valence-electron chi connectivity index (χ0n) is 8.45. The molecule has 0 saturated carbocycles. The van der Waals surface area contributed by atoms with Crippen molar-refractivity contribution in [2.45, 2.75) is 27.2 Å². The molecule has 0 heterocycles. The minimum absolute atomic E-state index is 0.116. The number of ketones is 1. The van der Waals surface area contributed by atoms with Crippen LogP contribution in [0.2, 0.25) is 0 Å². The number of carbonyl (C=O) groups excluding carboxylic acids is 1. The highest BCUT2D eigenvalue weighted by Crippen LogP contribution is 2.20. The van der Waals surface area contributed by atoms with E-state index in [0.29, 0.717) is 11.1 Å². The van der Waals surface area contributed by atoms with Crippen LogP contribution in [0.5, 0.6) is 0 Å². The molecule has 0 fully saturated rings.